The topological polar surface area (TPSA) is 118 Å². The van der Waals surface area contributed by atoms with Gasteiger partial charge in [0, 0.05) is 16.9 Å². The molecule has 0 saturated heterocycles. The molecule has 246 valence electrons. The molecule has 0 radical (unpaired) electrons. The fourth-order valence-electron chi connectivity index (χ4n) is 6.08. The summed E-state index contributed by atoms with van der Waals surface area (Å²) < 4.78 is 0. The number of anilines is 2. The van der Waals surface area contributed by atoms with Crippen LogP contribution in [-0.4, -0.2) is 21.2 Å². The number of nitrogens with one attached hydrogen (secondary N) is 2. The van der Waals surface area contributed by atoms with Gasteiger partial charge in [-0.2, -0.15) is 0 Å². The molecule has 0 spiro atoms. The standard InChI is InChI=1S/C25H31N3.C13H16O4.Co/c1-16-10-12-22(18(3)14-16)26-20(5)24-8-7-9-25(28-24)21(6)27-23-13-11-17(2)15-19(23)4;14-10-7-6-9(8-4-2-1-3-5-8)11(12(10)15)13(16)17;/h7-15,20-21,26-27H,1-6H3;6-8,14-15H,1-5H2,(H,16,17);/q;;+1/p-1. The smallest absolute Gasteiger partial charge is 0.545 e. The number of phenolic OH excluding ortho intramolecular Hbond substituents is 1. The molecule has 0 amide bonds. The summed E-state index contributed by atoms with van der Waals surface area (Å²) in [5.74, 6) is -2.28. The molecule has 8 heteroatoms. The van der Waals surface area contributed by atoms with Gasteiger partial charge in [-0.05, 0) is 107 Å². The van der Waals surface area contributed by atoms with Crippen molar-refractivity contribution in [3.63, 3.8) is 0 Å². The minimum atomic E-state index is -1.43. The van der Waals surface area contributed by atoms with Crippen molar-refractivity contribution in [1.82, 2.24) is 4.98 Å². The number of benzene rings is 3. The molecule has 0 aliphatic heterocycles. The summed E-state index contributed by atoms with van der Waals surface area (Å²) in [6, 6.07) is 22.4. The molecule has 4 aromatic rings. The molecule has 4 N–H and O–H groups in total. The SMILES string of the molecule is Cc1ccc(NC(C)c2cccc(C(C)Nc3ccc(C)cc3C)n2)c(C)c1.O=C([O-])c1c(C2CCCCC2)ccc(O)c1O.[Co+]. The first kappa shape index (κ1) is 36.5. The number of carboxylic acid groups (broad SMARTS) is 1. The molecule has 7 nitrogen and oxygen atoms in total. The number of aryl methyl sites for hydroxylation is 4. The maximum Gasteiger partial charge on any atom is 1.00 e. The first-order chi connectivity index (χ1) is 21.4. The van der Waals surface area contributed by atoms with E-state index in [1.165, 1.54) is 34.7 Å². The minimum Gasteiger partial charge on any atom is -0.545 e. The second-order valence-electron chi connectivity index (χ2n) is 12.4. The molecule has 2 unspecified atom stereocenters. The molecule has 1 aromatic heterocycles. The van der Waals surface area contributed by atoms with E-state index >= 15 is 0 Å². The van der Waals surface area contributed by atoms with Crippen LogP contribution in [0.5, 0.6) is 11.5 Å². The van der Waals surface area contributed by atoms with E-state index in [9.17, 15) is 20.1 Å². The predicted molar refractivity (Wildman–Crippen MR) is 180 cm³/mol. The summed E-state index contributed by atoms with van der Waals surface area (Å²) in [5.41, 5.74) is 9.82. The van der Waals surface area contributed by atoms with Crippen LogP contribution in [0.2, 0.25) is 0 Å². The third kappa shape index (κ3) is 9.27. The van der Waals surface area contributed by atoms with Gasteiger partial charge in [0.1, 0.15) is 0 Å². The molecule has 2 atom stereocenters. The van der Waals surface area contributed by atoms with Gasteiger partial charge in [-0.3, -0.25) is 4.98 Å². The molecular formula is C38H46CoN3O4. The van der Waals surface area contributed by atoms with Crippen LogP contribution in [0.4, 0.5) is 11.4 Å². The van der Waals surface area contributed by atoms with E-state index in [0.717, 1.165) is 48.4 Å². The van der Waals surface area contributed by atoms with E-state index in [2.05, 4.69) is 107 Å². The predicted octanol–water partition coefficient (Wildman–Crippen LogP) is 8.17. The summed E-state index contributed by atoms with van der Waals surface area (Å²) in [6.45, 7) is 12.8. The van der Waals surface area contributed by atoms with E-state index in [1.807, 2.05) is 0 Å². The van der Waals surface area contributed by atoms with Crippen molar-refractivity contribution < 1.29 is 36.9 Å². The van der Waals surface area contributed by atoms with Crippen LogP contribution in [0.3, 0.4) is 0 Å². The number of carboxylic acids is 1. The number of pyridine rings is 1. The van der Waals surface area contributed by atoms with E-state index in [-0.39, 0.29) is 40.3 Å². The average Bonchev–Trinajstić information content (AvgIpc) is 3.01. The van der Waals surface area contributed by atoms with E-state index in [0.29, 0.717) is 5.56 Å². The number of carbonyl (C=O) groups is 1. The summed E-state index contributed by atoms with van der Waals surface area (Å²) >= 11 is 0. The Balaban J connectivity index is 0.000000274. The van der Waals surface area contributed by atoms with Gasteiger partial charge in [-0.15, -0.1) is 0 Å². The van der Waals surface area contributed by atoms with Crippen molar-refractivity contribution in [1.29, 1.82) is 0 Å². The fraction of sp³-hybridized carbons (Fsp3) is 0.368. The number of aromatic carboxylic acids is 1. The van der Waals surface area contributed by atoms with Gasteiger partial charge < -0.3 is 30.7 Å². The second kappa shape index (κ2) is 16.5. The number of phenols is 2. The minimum absolute atomic E-state index is 0. The Bertz CT molecular complexity index is 1560. The van der Waals surface area contributed by atoms with Crippen LogP contribution in [0.15, 0.2) is 66.7 Å². The van der Waals surface area contributed by atoms with Crippen molar-refractivity contribution in [3.05, 3.63) is 111 Å². The van der Waals surface area contributed by atoms with Crippen LogP contribution in [0, 0.1) is 27.7 Å². The zero-order chi connectivity index (χ0) is 32.7. The van der Waals surface area contributed by atoms with Gasteiger partial charge in [0.15, 0.2) is 11.5 Å². The zero-order valence-electron chi connectivity index (χ0n) is 27.6. The summed E-state index contributed by atoms with van der Waals surface area (Å²) in [4.78, 5) is 16.0. The summed E-state index contributed by atoms with van der Waals surface area (Å²) in [7, 11) is 0. The fourth-order valence-corrected chi connectivity index (χ4v) is 6.08. The monoisotopic (exact) mass is 667 g/mol. The van der Waals surface area contributed by atoms with E-state index in [4.69, 9.17) is 4.98 Å². The Morgan fingerprint density at radius 1 is 0.783 bits per heavy atom. The maximum absolute atomic E-state index is 11.1. The average molecular weight is 668 g/mol. The number of carbonyl (C=O) groups excluding carboxylic acids is 1. The molecule has 1 saturated carbocycles. The normalized spacial score (nSPS) is 14.2. The van der Waals surface area contributed by atoms with Crippen molar-refractivity contribution >= 4 is 17.3 Å². The Morgan fingerprint density at radius 2 is 1.28 bits per heavy atom. The van der Waals surface area contributed by atoms with Crippen LogP contribution in [-0.2, 0) is 16.8 Å². The molecule has 3 aromatic carbocycles. The van der Waals surface area contributed by atoms with Crippen LogP contribution in [0.1, 0.15) is 114 Å². The van der Waals surface area contributed by atoms with E-state index in [1.54, 1.807) is 6.07 Å². The molecule has 1 heterocycles. The number of aromatic hydroxyl groups is 2. The second-order valence-corrected chi connectivity index (χ2v) is 12.4. The van der Waals surface area contributed by atoms with Crippen molar-refractivity contribution in [3.8, 4) is 11.5 Å². The largest absolute Gasteiger partial charge is 1.00 e. The van der Waals surface area contributed by atoms with Crippen LogP contribution >= 0.6 is 0 Å². The first-order valence-electron chi connectivity index (χ1n) is 15.8. The van der Waals surface area contributed by atoms with Gasteiger partial charge in [0.2, 0.25) is 0 Å². The molecular weight excluding hydrogens is 621 g/mol. The summed E-state index contributed by atoms with van der Waals surface area (Å²) in [5, 5.41) is 37.2. The molecule has 1 fully saturated rings. The Hall–Kier alpha value is -4.01. The van der Waals surface area contributed by atoms with Crippen LogP contribution in [0.25, 0.3) is 0 Å². The van der Waals surface area contributed by atoms with Gasteiger partial charge in [-0.25, -0.2) is 0 Å². The van der Waals surface area contributed by atoms with Gasteiger partial charge in [-0.1, -0.05) is 66.8 Å². The number of hydrogen-bond donors (Lipinski definition) is 4. The quantitative estimate of drug-likeness (QED) is 0.140. The van der Waals surface area contributed by atoms with Gasteiger partial charge >= 0.3 is 16.8 Å². The maximum atomic E-state index is 11.1. The zero-order valence-corrected chi connectivity index (χ0v) is 28.7. The Kier molecular flexibility index (Phi) is 13.1. The summed E-state index contributed by atoms with van der Waals surface area (Å²) in [6.07, 6.45) is 5.15. The third-order valence-corrected chi connectivity index (χ3v) is 8.63. The number of rotatable bonds is 8. The first-order valence-corrected chi connectivity index (χ1v) is 15.8. The van der Waals surface area contributed by atoms with Crippen LogP contribution < -0.4 is 15.7 Å². The third-order valence-electron chi connectivity index (χ3n) is 8.63. The van der Waals surface area contributed by atoms with E-state index < -0.39 is 17.5 Å². The number of nitrogens with zero attached hydrogens (tertiary/aromatic N) is 1. The number of aromatic nitrogens is 1. The molecule has 5 rings (SSSR count). The Labute approximate surface area is 283 Å². The van der Waals surface area contributed by atoms with Gasteiger partial charge in [0.25, 0.3) is 0 Å². The molecule has 0 bridgehead atoms. The molecule has 1 aliphatic rings. The number of hydrogen-bond acceptors (Lipinski definition) is 7. The molecule has 46 heavy (non-hydrogen) atoms. The van der Waals surface area contributed by atoms with Crippen molar-refractivity contribution in [2.24, 2.45) is 0 Å². The van der Waals surface area contributed by atoms with Crippen molar-refractivity contribution in [2.75, 3.05) is 10.6 Å². The Morgan fingerprint density at radius 3 is 1.74 bits per heavy atom. The molecule has 1 aliphatic carbocycles. The van der Waals surface area contributed by atoms with Crippen molar-refractivity contribution in [2.45, 2.75) is 91.6 Å². The van der Waals surface area contributed by atoms with Gasteiger partial charge in [0.05, 0.1) is 29.4 Å².